The molecule has 1 atom stereocenters. The van der Waals surface area contributed by atoms with Gasteiger partial charge in [-0.15, -0.1) is 0 Å². The van der Waals surface area contributed by atoms with Gasteiger partial charge >= 0.3 is 0 Å². The van der Waals surface area contributed by atoms with Gasteiger partial charge < -0.3 is 9.84 Å². The molecular formula is C15H13BrCl2O2. The molecule has 0 saturated heterocycles. The van der Waals surface area contributed by atoms with Crippen LogP contribution in [0.15, 0.2) is 40.9 Å². The molecule has 0 bridgehead atoms. The Morgan fingerprint density at radius 2 is 1.95 bits per heavy atom. The van der Waals surface area contributed by atoms with Crippen LogP contribution in [0.5, 0.6) is 5.75 Å². The molecule has 2 aromatic rings. The third kappa shape index (κ3) is 3.89. The first kappa shape index (κ1) is 15.6. The van der Waals surface area contributed by atoms with Crippen LogP contribution in [0, 0.1) is 0 Å². The second kappa shape index (κ2) is 6.81. The summed E-state index contributed by atoms with van der Waals surface area (Å²) in [7, 11) is 0. The number of aliphatic hydroxyl groups is 1. The van der Waals surface area contributed by atoms with Crippen LogP contribution >= 0.6 is 39.1 Å². The van der Waals surface area contributed by atoms with Crippen molar-refractivity contribution in [2.45, 2.75) is 19.6 Å². The van der Waals surface area contributed by atoms with E-state index >= 15 is 0 Å². The van der Waals surface area contributed by atoms with Gasteiger partial charge in [0.2, 0.25) is 0 Å². The lowest BCUT2D eigenvalue weighted by atomic mass is 10.1. The summed E-state index contributed by atoms with van der Waals surface area (Å²) in [4.78, 5) is 0. The molecule has 2 nitrogen and oxygen atoms in total. The van der Waals surface area contributed by atoms with E-state index < -0.39 is 6.10 Å². The van der Waals surface area contributed by atoms with E-state index in [-0.39, 0.29) is 0 Å². The second-order valence-electron chi connectivity index (χ2n) is 4.38. The number of rotatable bonds is 4. The average molecular weight is 376 g/mol. The molecule has 1 unspecified atom stereocenters. The molecule has 0 saturated carbocycles. The summed E-state index contributed by atoms with van der Waals surface area (Å²) in [5.74, 6) is 0.600. The van der Waals surface area contributed by atoms with E-state index in [4.69, 9.17) is 27.9 Å². The minimum absolute atomic E-state index is 0.327. The molecule has 0 aliphatic rings. The molecule has 0 amide bonds. The SMILES string of the molecule is CC(O)c1cc(Cl)ccc1OCc1ccc(Br)cc1Cl. The number of hydrogen-bond acceptors (Lipinski definition) is 2. The van der Waals surface area contributed by atoms with Crippen molar-refractivity contribution < 1.29 is 9.84 Å². The average Bonchev–Trinajstić information content (AvgIpc) is 2.38. The third-order valence-electron chi connectivity index (χ3n) is 2.82. The van der Waals surface area contributed by atoms with E-state index in [1.807, 2.05) is 18.2 Å². The van der Waals surface area contributed by atoms with Crippen molar-refractivity contribution >= 4 is 39.1 Å². The van der Waals surface area contributed by atoms with Gasteiger partial charge in [-0.3, -0.25) is 0 Å². The number of ether oxygens (including phenoxy) is 1. The fraction of sp³-hybridized carbons (Fsp3) is 0.200. The Hall–Kier alpha value is -0.740. The quantitative estimate of drug-likeness (QED) is 0.776. The van der Waals surface area contributed by atoms with E-state index in [2.05, 4.69) is 15.9 Å². The van der Waals surface area contributed by atoms with Gasteiger partial charge in [-0.2, -0.15) is 0 Å². The summed E-state index contributed by atoms with van der Waals surface area (Å²) < 4.78 is 6.66. The molecule has 5 heteroatoms. The number of benzene rings is 2. The van der Waals surface area contributed by atoms with Crippen molar-refractivity contribution in [2.75, 3.05) is 0 Å². The van der Waals surface area contributed by atoms with Crippen molar-refractivity contribution in [3.05, 3.63) is 62.0 Å². The van der Waals surface area contributed by atoms with E-state index in [1.165, 1.54) is 0 Å². The zero-order valence-corrected chi connectivity index (χ0v) is 13.8. The summed E-state index contributed by atoms with van der Waals surface area (Å²) in [6, 6.07) is 10.8. The van der Waals surface area contributed by atoms with Gasteiger partial charge in [-0.05, 0) is 37.3 Å². The minimum atomic E-state index is -0.649. The van der Waals surface area contributed by atoms with Crippen LogP contribution in [-0.4, -0.2) is 5.11 Å². The monoisotopic (exact) mass is 374 g/mol. The van der Waals surface area contributed by atoms with Crippen LogP contribution in [0.3, 0.4) is 0 Å². The zero-order chi connectivity index (χ0) is 14.7. The van der Waals surface area contributed by atoms with Crippen molar-refractivity contribution in [1.82, 2.24) is 0 Å². The van der Waals surface area contributed by atoms with Crippen molar-refractivity contribution in [1.29, 1.82) is 0 Å². The summed E-state index contributed by atoms with van der Waals surface area (Å²) in [5.41, 5.74) is 1.53. The maximum absolute atomic E-state index is 9.75. The summed E-state index contributed by atoms with van der Waals surface area (Å²) in [6.45, 7) is 2.00. The summed E-state index contributed by atoms with van der Waals surface area (Å²) in [6.07, 6.45) is -0.649. The highest BCUT2D eigenvalue weighted by Gasteiger charge is 2.11. The minimum Gasteiger partial charge on any atom is -0.488 e. The molecule has 20 heavy (non-hydrogen) atoms. The lowest BCUT2D eigenvalue weighted by Gasteiger charge is -2.14. The largest absolute Gasteiger partial charge is 0.488 e. The van der Waals surface area contributed by atoms with Crippen LogP contribution in [0.25, 0.3) is 0 Å². The molecule has 0 radical (unpaired) electrons. The van der Waals surface area contributed by atoms with E-state index in [1.54, 1.807) is 25.1 Å². The molecule has 0 heterocycles. The Kier molecular flexibility index (Phi) is 5.33. The standard InChI is InChI=1S/C15H13BrCl2O2/c1-9(19)13-7-12(17)4-5-15(13)20-8-10-2-3-11(16)6-14(10)18/h2-7,9,19H,8H2,1H3. The van der Waals surface area contributed by atoms with E-state index in [9.17, 15) is 5.11 Å². The lowest BCUT2D eigenvalue weighted by molar-refractivity contribution is 0.190. The maximum atomic E-state index is 9.75. The highest BCUT2D eigenvalue weighted by molar-refractivity contribution is 9.10. The van der Waals surface area contributed by atoms with Crippen LogP contribution in [-0.2, 0) is 6.61 Å². The predicted octanol–water partition coefficient (Wildman–Crippen LogP) is 5.39. The molecular weight excluding hydrogens is 363 g/mol. The molecule has 0 aliphatic heterocycles. The van der Waals surface area contributed by atoms with E-state index in [0.29, 0.717) is 28.0 Å². The second-order valence-corrected chi connectivity index (χ2v) is 6.14. The smallest absolute Gasteiger partial charge is 0.125 e. The van der Waals surface area contributed by atoms with Gasteiger partial charge in [0.05, 0.1) is 6.10 Å². The van der Waals surface area contributed by atoms with Crippen LogP contribution in [0.1, 0.15) is 24.2 Å². The Labute approximate surface area is 136 Å². The van der Waals surface area contributed by atoms with Crippen molar-refractivity contribution in [2.24, 2.45) is 0 Å². The Morgan fingerprint density at radius 1 is 1.20 bits per heavy atom. The Bertz CT molecular complexity index is 615. The van der Waals surface area contributed by atoms with E-state index in [0.717, 1.165) is 10.0 Å². The van der Waals surface area contributed by atoms with Crippen LogP contribution in [0.4, 0.5) is 0 Å². The topological polar surface area (TPSA) is 29.5 Å². The summed E-state index contributed by atoms with van der Waals surface area (Å²) in [5, 5.41) is 10.9. The van der Waals surface area contributed by atoms with Gasteiger partial charge in [-0.25, -0.2) is 0 Å². The van der Waals surface area contributed by atoms with Crippen LogP contribution in [0.2, 0.25) is 10.0 Å². The van der Waals surface area contributed by atoms with Gasteiger partial charge in [0.1, 0.15) is 12.4 Å². The van der Waals surface area contributed by atoms with Gasteiger partial charge in [0.15, 0.2) is 0 Å². The third-order valence-corrected chi connectivity index (χ3v) is 3.90. The molecule has 1 N–H and O–H groups in total. The van der Waals surface area contributed by atoms with Crippen LogP contribution < -0.4 is 4.74 Å². The fourth-order valence-electron chi connectivity index (χ4n) is 1.77. The molecule has 0 aromatic heterocycles. The zero-order valence-electron chi connectivity index (χ0n) is 10.7. The molecule has 2 rings (SSSR count). The first-order valence-electron chi connectivity index (χ1n) is 6.01. The molecule has 0 fully saturated rings. The van der Waals surface area contributed by atoms with Crippen molar-refractivity contribution in [3.63, 3.8) is 0 Å². The van der Waals surface area contributed by atoms with Gasteiger partial charge in [0, 0.05) is 25.6 Å². The van der Waals surface area contributed by atoms with Gasteiger partial charge in [-0.1, -0.05) is 45.2 Å². The predicted molar refractivity (Wildman–Crippen MR) is 85.6 cm³/mol. The Morgan fingerprint density at radius 3 is 2.60 bits per heavy atom. The molecule has 106 valence electrons. The fourth-order valence-corrected chi connectivity index (χ4v) is 2.68. The first-order valence-corrected chi connectivity index (χ1v) is 7.56. The van der Waals surface area contributed by atoms with Gasteiger partial charge in [0.25, 0.3) is 0 Å². The van der Waals surface area contributed by atoms with Crippen molar-refractivity contribution in [3.8, 4) is 5.75 Å². The molecule has 0 aliphatic carbocycles. The molecule has 2 aromatic carbocycles. The maximum Gasteiger partial charge on any atom is 0.125 e. The number of aliphatic hydroxyl groups excluding tert-OH is 1. The normalized spacial score (nSPS) is 12.2. The highest BCUT2D eigenvalue weighted by atomic mass is 79.9. The number of halogens is 3. The summed E-state index contributed by atoms with van der Waals surface area (Å²) >= 11 is 15.4. The highest BCUT2D eigenvalue weighted by Crippen LogP contribution is 2.30. The lowest BCUT2D eigenvalue weighted by Crippen LogP contribution is -2.01. The molecule has 0 spiro atoms. The first-order chi connectivity index (χ1) is 9.47. The Balaban J connectivity index is 2.18. The number of hydrogen-bond donors (Lipinski definition) is 1.